The highest BCUT2D eigenvalue weighted by Crippen LogP contribution is 2.31. The SMILES string of the molecule is Nc1c(C(=O)NN2CCCCC2)sc2ncccc12. The van der Waals surface area contributed by atoms with Crippen LogP contribution in [0.25, 0.3) is 10.2 Å². The number of nitrogens with zero attached hydrogens (tertiary/aromatic N) is 2. The number of pyridine rings is 1. The number of nitrogen functional groups attached to an aromatic ring is 1. The smallest absolute Gasteiger partial charge is 0.277 e. The lowest BCUT2D eigenvalue weighted by Gasteiger charge is -2.26. The summed E-state index contributed by atoms with van der Waals surface area (Å²) in [6, 6.07) is 3.73. The van der Waals surface area contributed by atoms with Crippen LogP contribution < -0.4 is 11.2 Å². The summed E-state index contributed by atoms with van der Waals surface area (Å²) in [5.41, 5.74) is 9.50. The summed E-state index contributed by atoms with van der Waals surface area (Å²) >= 11 is 1.35. The molecule has 0 unspecified atom stereocenters. The van der Waals surface area contributed by atoms with Gasteiger partial charge in [-0.15, -0.1) is 11.3 Å². The predicted octanol–water partition coefficient (Wildman–Crippen LogP) is 2.01. The van der Waals surface area contributed by atoms with Crippen molar-refractivity contribution in [3.63, 3.8) is 0 Å². The molecule has 1 aliphatic heterocycles. The van der Waals surface area contributed by atoms with Crippen LogP contribution in [-0.4, -0.2) is 29.0 Å². The zero-order valence-electron chi connectivity index (χ0n) is 10.6. The Morgan fingerprint density at radius 2 is 2.16 bits per heavy atom. The van der Waals surface area contributed by atoms with Crippen LogP contribution in [0.4, 0.5) is 5.69 Å². The number of hydrazine groups is 1. The van der Waals surface area contributed by atoms with Crippen LogP contribution in [0.15, 0.2) is 18.3 Å². The molecule has 3 N–H and O–H groups in total. The average Bonchev–Trinajstić information content (AvgIpc) is 2.78. The van der Waals surface area contributed by atoms with Crippen molar-refractivity contribution in [3.05, 3.63) is 23.2 Å². The van der Waals surface area contributed by atoms with E-state index in [4.69, 9.17) is 5.73 Å². The van der Waals surface area contributed by atoms with Gasteiger partial charge in [0, 0.05) is 24.7 Å². The summed E-state index contributed by atoms with van der Waals surface area (Å²) in [5.74, 6) is -0.123. The highest BCUT2D eigenvalue weighted by molar-refractivity contribution is 7.21. The Labute approximate surface area is 115 Å². The van der Waals surface area contributed by atoms with Crippen molar-refractivity contribution in [2.75, 3.05) is 18.8 Å². The molecule has 0 aliphatic carbocycles. The maximum Gasteiger partial charge on any atom is 0.277 e. The van der Waals surface area contributed by atoms with Crippen LogP contribution in [0.5, 0.6) is 0 Å². The summed E-state index contributed by atoms with van der Waals surface area (Å²) in [7, 11) is 0. The summed E-state index contributed by atoms with van der Waals surface area (Å²) in [6.45, 7) is 1.82. The molecule has 1 fully saturated rings. The number of amides is 1. The van der Waals surface area contributed by atoms with Gasteiger partial charge < -0.3 is 5.73 Å². The third-order valence-electron chi connectivity index (χ3n) is 3.33. The van der Waals surface area contributed by atoms with Gasteiger partial charge in [0.1, 0.15) is 9.71 Å². The van der Waals surface area contributed by atoms with E-state index in [2.05, 4.69) is 10.4 Å². The molecule has 0 aromatic carbocycles. The van der Waals surface area contributed by atoms with E-state index in [0.717, 1.165) is 36.1 Å². The molecule has 0 bridgehead atoms. The first-order chi connectivity index (χ1) is 9.25. The van der Waals surface area contributed by atoms with Gasteiger partial charge in [-0.05, 0) is 25.0 Å². The number of fused-ring (bicyclic) bond motifs is 1. The number of aromatic nitrogens is 1. The lowest BCUT2D eigenvalue weighted by Crippen LogP contribution is -2.44. The van der Waals surface area contributed by atoms with Gasteiger partial charge in [0.25, 0.3) is 5.91 Å². The molecule has 2 aromatic heterocycles. The summed E-state index contributed by atoms with van der Waals surface area (Å²) in [5, 5.41) is 2.83. The van der Waals surface area contributed by atoms with Crippen molar-refractivity contribution < 1.29 is 4.79 Å². The number of carbonyl (C=O) groups excluding carboxylic acids is 1. The van der Waals surface area contributed by atoms with Gasteiger partial charge in [-0.1, -0.05) is 6.42 Å². The average molecular weight is 276 g/mol. The first kappa shape index (κ1) is 12.4. The van der Waals surface area contributed by atoms with Gasteiger partial charge in [0.2, 0.25) is 0 Å². The maximum absolute atomic E-state index is 12.3. The molecule has 3 heterocycles. The van der Waals surface area contributed by atoms with E-state index in [1.807, 2.05) is 17.1 Å². The van der Waals surface area contributed by atoms with Crippen LogP contribution in [0.3, 0.4) is 0 Å². The molecule has 2 aromatic rings. The minimum atomic E-state index is -0.123. The van der Waals surface area contributed by atoms with Crippen molar-refractivity contribution in [1.82, 2.24) is 15.4 Å². The molecule has 19 heavy (non-hydrogen) atoms. The third-order valence-corrected chi connectivity index (χ3v) is 4.45. The zero-order valence-corrected chi connectivity index (χ0v) is 11.4. The fraction of sp³-hybridized carbons (Fsp3) is 0.385. The monoisotopic (exact) mass is 276 g/mol. The normalized spacial score (nSPS) is 16.6. The second-order valence-electron chi connectivity index (χ2n) is 4.69. The topological polar surface area (TPSA) is 71.2 Å². The Morgan fingerprint density at radius 1 is 1.37 bits per heavy atom. The fourth-order valence-electron chi connectivity index (χ4n) is 2.32. The minimum absolute atomic E-state index is 0.123. The second-order valence-corrected chi connectivity index (χ2v) is 5.69. The van der Waals surface area contributed by atoms with Crippen molar-refractivity contribution in [1.29, 1.82) is 0 Å². The van der Waals surface area contributed by atoms with E-state index in [0.29, 0.717) is 10.6 Å². The number of hydrogen-bond acceptors (Lipinski definition) is 5. The maximum atomic E-state index is 12.3. The van der Waals surface area contributed by atoms with Crippen molar-refractivity contribution in [3.8, 4) is 0 Å². The highest BCUT2D eigenvalue weighted by Gasteiger charge is 2.19. The van der Waals surface area contributed by atoms with E-state index >= 15 is 0 Å². The zero-order chi connectivity index (χ0) is 13.2. The van der Waals surface area contributed by atoms with Crippen LogP contribution in [-0.2, 0) is 0 Å². The van der Waals surface area contributed by atoms with E-state index in [9.17, 15) is 4.79 Å². The summed E-state index contributed by atoms with van der Waals surface area (Å²) < 4.78 is 0. The Kier molecular flexibility index (Phi) is 3.35. The number of thiophene rings is 1. The summed E-state index contributed by atoms with van der Waals surface area (Å²) in [6.07, 6.45) is 5.21. The number of anilines is 1. The first-order valence-electron chi connectivity index (χ1n) is 6.44. The van der Waals surface area contributed by atoms with Gasteiger partial charge in [0.15, 0.2) is 0 Å². The van der Waals surface area contributed by atoms with E-state index in [-0.39, 0.29) is 5.91 Å². The fourth-order valence-corrected chi connectivity index (χ4v) is 3.27. The van der Waals surface area contributed by atoms with E-state index in [1.54, 1.807) is 6.20 Å². The third kappa shape index (κ3) is 2.41. The molecule has 1 saturated heterocycles. The van der Waals surface area contributed by atoms with Crippen molar-refractivity contribution in [2.24, 2.45) is 0 Å². The van der Waals surface area contributed by atoms with Crippen molar-refractivity contribution >= 4 is 33.1 Å². The number of carbonyl (C=O) groups is 1. The Morgan fingerprint density at radius 3 is 2.89 bits per heavy atom. The molecule has 0 spiro atoms. The quantitative estimate of drug-likeness (QED) is 0.880. The molecule has 6 heteroatoms. The molecule has 0 saturated carbocycles. The predicted molar refractivity (Wildman–Crippen MR) is 76.9 cm³/mol. The number of piperidine rings is 1. The number of rotatable bonds is 2. The number of nitrogens with one attached hydrogen (secondary N) is 1. The lowest BCUT2D eigenvalue weighted by molar-refractivity contribution is 0.0755. The second kappa shape index (κ2) is 5.14. The van der Waals surface area contributed by atoms with Crippen LogP contribution >= 0.6 is 11.3 Å². The number of nitrogens with two attached hydrogens (primary N) is 1. The largest absolute Gasteiger partial charge is 0.397 e. The van der Waals surface area contributed by atoms with Crippen LogP contribution in [0.2, 0.25) is 0 Å². The van der Waals surface area contributed by atoms with Gasteiger partial charge in [-0.2, -0.15) is 0 Å². The molecule has 3 rings (SSSR count). The molecular formula is C13H16N4OS. The van der Waals surface area contributed by atoms with Gasteiger partial charge in [0.05, 0.1) is 5.69 Å². The first-order valence-corrected chi connectivity index (χ1v) is 7.26. The van der Waals surface area contributed by atoms with E-state index in [1.165, 1.54) is 17.8 Å². The summed E-state index contributed by atoms with van der Waals surface area (Å²) in [4.78, 5) is 17.9. The molecule has 0 radical (unpaired) electrons. The highest BCUT2D eigenvalue weighted by atomic mass is 32.1. The molecule has 1 amide bonds. The standard InChI is InChI=1S/C13H16N4OS/c14-10-9-5-4-6-15-13(9)19-11(10)12(18)16-17-7-2-1-3-8-17/h4-6H,1-3,7-8,14H2,(H,16,18). The van der Waals surface area contributed by atoms with Gasteiger partial charge in [-0.3, -0.25) is 10.2 Å². The van der Waals surface area contributed by atoms with Crippen molar-refractivity contribution in [2.45, 2.75) is 19.3 Å². The van der Waals surface area contributed by atoms with Crippen LogP contribution in [0, 0.1) is 0 Å². The van der Waals surface area contributed by atoms with Gasteiger partial charge >= 0.3 is 0 Å². The Bertz CT molecular complexity index is 604. The van der Waals surface area contributed by atoms with E-state index < -0.39 is 0 Å². The molecular weight excluding hydrogens is 260 g/mol. The number of hydrogen-bond donors (Lipinski definition) is 2. The molecule has 1 aliphatic rings. The molecule has 0 atom stereocenters. The minimum Gasteiger partial charge on any atom is -0.397 e. The molecule has 100 valence electrons. The lowest BCUT2D eigenvalue weighted by atomic mass is 10.2. The Balaban J connectivity index is 1.83. The Hall–Kier alpha value is -1.66. The van der Waals surface area contributed by atoms with Gasteiger partial charge in [-0.25, -0.2) is 9.99 Å². The van der Waals surface area contributed by atoms with Crippen LogP contribution in [0.1, 0.15) is 28.9 Å². The molecule has 5 nitrogen and oxygen atoms in total.